The van der Waals surface area contributed by atoms with E-state index in [0.717, 1.165) is 37.1 Å². The van der Waals surface area contributed by atoms with Gasteiger partial charge in [0.1, 0.15) is 0 Å². The number of hydrogen-bond donors (Lipinski definition) is 1. The minimum Gasteiger partial charge on any atom is -0.369 e. The van der Waals surface area contributed by atoms with Gasteiger partial charge in [-0.15, -0.1) is 11.3 Å². The minimum absolute atomic E-state index is 0.0755. The summed E-state index contributed by atoms with van der Waals surface area (Å²) in [5.41, 5.74) is 8.38. The van der Waals surface area contributed by atoms with Gasteiger partial charge in [-0.1, -0.05) is 18.2 Å². The Morgan fingerprint density at radius 1 is 1.30 bits per heavy atom. The highest BCUT2D eigenvalue weighted by atomic mass is 32.1. The first kappa shape index (κ1) is 20.6. The SMILES string of the molecule is CC(=O)N1CCC(CN2C(=O)[C@](C)(c3cccc(-c4cc(C)cs4)c3)N=C2N)CC1. The normalized spacial score (nSPS) is 22.5. The topological polar surface area (TPSA) is 79.0 Å². The van der Waals surface area contributed by atoms with Crippen LogP contribution in [0.5, 0.6) is 0 Å². The van der Waals surface area contributed by atoms with E-state index in [9.17, 15) is 9.59 Å². The van der Waals surface area contributed by atoms with E-state index in [1.807, 2.05) is 24.0 Å². The maximum Gasteiger partial charge on any atom is 0.261 e. The predicted molar refractivity (Wildman–Crippen MR) is 120 cm³/mol. The molecule has 2 aromatic rings. The molecule has 0 aliphatic carbocycles. The van der Waals surface area contributed by atoms with Crippen molar-refractivity contribution in [3.63, 3.8) is 0 Å². The molecule has 2 aliphatic heterocycles. The average molecular weight is 425 g/mol. The van der Waals surface area contributed by atoms with Crippen LogP contribution in [0.2, 0.25) is 0 Å². The third-order valence-corrected chi connectivity index (χ3v) is 7.31. The van der Waals surface area contributed by atoms with Gasteiger partial charge < -0.3 is 10.6 Å². The number of nitrogens with two attached hydrogens (primary N) is 1. The van der Waals surface area contributed by atoms with Gasteiger partial charge in [-0.2, -0.15) is 0 Å². The van der Waals surface area contributed by atoms with E-state index in [0.29, 0.717) is 12.5 Å². The van der Waals surface area contributed by atoms with E-state index in [4.69, 9.17) is 5.73 Å². The summed E-state index contributed by atoms with van der Waals surface area (Å²) in [4.78, 5) is 34.2. The maximum atomic E-state index is 13.4. The largest absolute Gasteiger partial charge is 0.369 e. The summed E-state index contributed by atoms with van der Waals surface area (Å²) in [6, 6.07) is 10.2. The number of thiophene rings is 1. The molecule has 7 heteroatoms. The molecule has 0 spiro atoms. The summed E-state index contributed by atoms with van der Waals surface area (Å²) in [7, 11) is 0. The third-order valence-electron chi connectivity index (χ3n) is 6.22. The molecular formula is C23H28N4O2S. The van der Waals surface area contributed by atoms with Crippen LogP contribution in [0, 0.1) is 12.8 Å². The Labute approximate surface area is 181 Å². The molecule has 0 unspecified atom stereocenters. The molecule has 158 valence electrons. The Hall–Kier alpha value is -2.67. The van der Waals surface area contributed by atoms with E-state index in [2.05, 4.69) is 35.5 Å². The first-order chi connectivity index (χ1) is 14.3. The zero-order valence-corrected chi connectivity index (χ0v) is 18.5. The van der Waals surface area contributed by atoms with E-state index in [1.165, 1.54) is 10.4 Å². The van der Waals surface area contributed by atoms with Crippen molar-refractivity contribution in [1.29, 1.82) is 0 Å². The van der Waals surface area contributed by atoms with Crippen LogP contribution in [-0.4, -0.2) is 47.2 Å². The number of piperidine rings is 1. The maximum absolute atomic E-state index is 13.4. The number of nitrogens with zero attached hydrogens (tertiary/aromatic N) is 3. The number of rotatable bonds is 4. The van der Waals surface area contributed by atoms with Crippen molar-refractivity contribution in [3.8, 4) is 10.4 Å². The van der Waals surface area contributed by atoms with Crippen molar-refractivity contribution < 1.29 is 9.59 Å². The minimum atomic E-state index is -1.01. The highest BCUT2D eigenvalue weighted by molar-refractivity contribution is 7.13. The number of hydrogen-bond acceptors (Lipinski definition) is 5. The second-order valence-electron chi connectivity index (χ2n) is 8.48. The molecule has 2 amide bonds. The first-order valence-electron chi connectivity index (χ1n) is 10.4. The van der Waals surface area contributed by atoms with Crippen LogP contribution in [0.3, 0.4) is 0 Å². The van der Waals surface area contributed by atoms with Gasteiger partial charge >= 0.3 is 0 Å². The van der Waals surface area contributed by atoms with Crippen LogP contribution in [-0.2, 0) is 15.1 Å². The molecule has 6 nitrogen and oxygen atoms in total. The number of likely N-dealkylation sites (tertiary alicyclic amines) is 1. The lowest BCUT2D eigenvalue weighted by Gasteiger charge is -2.33. The van der Waals surface area contributed by atoms with Crippen LogP contribution < -0.4 is 5.73 Å². The van der Waals surface area contributed by atoms with Crippen molar-refractivity contribution in [2.24, 2.45) is 16.6 Å². The molecule has 1 fully saturated rings. The Kier molecular flexibility index (Phi) is 5.40. The molecule has 0 bridgehead atoms. The lowest BCUT2D eigenvalue weighted by atomic mass is 9.90. The predicted octanol–water partition coefficient (Wildman–Crippen LogP) is 3.35. The molecular weight excluding hydrogens is 396 g/mol. The van der Waals surface area contributed by atoms with E-state index < -0.39 is 5.54 Å². The van der Waals surface area contributed by atoms with Crippen molar-refractivity contribution in [2.75, 3.05) is 19.6 Å². The van der Waals surface area contributed by atoms with Gasteiger partial charge in [0.2, 0.25) is 5.91 Å². The van der Waals surface area contributed by atoms with Gasteiger partial charge in [0.15, 0.2) is 11.5 Å². The molecule has 0 radical (unpaired) electrons. The van der Waals surface area contributed by atoms with Crippen LogP contribution in [0.15, 0.2) is 40.7 Å². The monoisotopic (exact) mass is 424 g/mol. The molecule has 3 heterocycles. The van der Waals surface area contributed by atoms with Gasteiger partial charge in [0.05, 0.1) is 0 Å². The van der Waals surface area contributed by atoms with Crippen LogP contribution in [0.25, 0.3) is 10.4 Å². The lowest BCUT2D eigenvalue weighted by molar-refractivity contribution is -0.133. The van der Waals surface area contributed by atoms with E-state index in [1.54, 1.807) is 23.2 Å². The summed E-state index contributed by atoms with van der Waals surface area (Å²) >= 11 is 1.70. The summed E-state index contributed by atoms with van der Waals surface area (Å²) in [6.45, 7) is 7.55. The summed E-state index contributed by atoms with van der Waals surface area (Å²) < 4.78 is 0. The van der Waals surface area contributed by atoms with E-state index >= 15 is 0 Å². The Morgan fingerprint density at radius 2 is 2.03 bits per heavy atom. The fourth-order valence-electron chi connectivity index (χ4n) is 4.32. The average Bonchev–Trinajstić information content (AvgIpc) is 3.26. The fraction of sp³-hybridized carbons (Fsp3) is 0.435. The number of amides is 2. The van der Waals surface area contributed by atoms with Crippen LogP contribution >= 0.6 is 11.3 Å². The number of benzene rings is 1. The zero-order valence-electron chi connectivity index (χ0n) is 17.7. The number of carbonyl (C=O) groups is 2. The Bertz CT molecular complexity index is 1010. The number of carbonyl (C=O) groups excluding carboxylic acids is 2. The quantitative estimate of drug-likeness (QED) is 0.817. The molecule has 2 N–H and O–H groups in total. The second kappa shape index (κ2) is 7.87. The van der Waals surface area contributed by atoms with Gasteiger partial charge in [-0.05, 0) is 66.8 Å². The Balaban J connectivity index is 1.52. The van der Waals surface area contributed by atoms with Crippen molar-refractivity contribution in [3.05, 3.63) is 46.8 Å². The summed E-state index contributed by atoms with van der Waals surface area (Å²) in [6.07, 6.45) is 1.75. The standard InChI is InChI=1S/C23H28N4O2S/c1-15-11-20(30-14-15)18-5-4-6-19(12-18)23(3)21(29)27(22(24)25-23)13-17-7-9-26(10-8-17)16(2)28/h4-6,11-12,14,17H,7-10,13H2,1-3H3,(H2,24,25)/t23-/m0/s1. The highest BCUT2D eigenvalue weighted by Gasteiger charge is 2.46. The molecule has 4 rings (SSSR count). The van der Waals surface area contributed by atoms with Gasteiger partial charge in [0.25, 0.3) is 5.91 Å². The van der Waals surface area contributed by atoms with Crippen LogP contribution in [0.4, 0.5) is 0 Å². The van der Waals surface area contributed by atoms with Gasteiger partial charge in [-0.3, -0.25) is 14.5 Å². The summed E-state index contributed by atoms with van der Waals surface area (Å²) in [5, 5.41) is 2.12. The van der Waals surface area contributed by atoms with Gasteiger partial charge in [-0.25, -0.2) is 4.99 Å². The first-order valence-corrected chi connectivity index (χ1v) is 11.2. The third kappa shape index (κ3) is 3.74. The lowest BCUT2D eigenvalue weighted by Crippen LogP contribution is -2.46. The molecule has 2 aliphatic rings. The number of aryl methyl sites for hydroxylation is 1. The molecule has 1 aromatic carbocycles. The molecule has 0 saturated carbocycles. The summed E-state index contributed by atoms with van der Waals surface area (Å²) in [5.74, 6) is 0.642. The molecule has 1 saturated heterocycles. The Morgan fingerprint density at radius 3 is 2.67 bits per heavy atom. The molecule has 1 atom stereocenters. The number of aliphatic imine (C=N–C) groups is 1. The zero-order chi connectivity index (χ0) is 21.5. The molecule has 1 aromatic heterocycles. The fourth-order valence-corrected chi connectivity index (χ4v) is 5.21. The van der Waals surface area contributed by atoms with Crippen molar-refractivity contribution >= 4 is 29.1 Å². The smallest absolute Gasteiger partial charge is 0.261 e. The van der Waals surface area contributed by atoms with Crippen molar-refractivity contribution in [1.82, 2.24) is 9.80 Å². The second-order valence-corrected chi connectivity index (χ2v) is 9.39. The number of guanidine groups is 1. The molecule has 30 heavy (non-hydrogen) atoms. The van der Waals surface area contributed by atoms with E-state index in [-0.39, 0.29) is 17.8 Å². The highest BCUT2D eigenvalue weighted by Crippen LogP contribution is 2.36. The van der Waals surface area contributed by atoms with Crippen molar-refractivity contribution in [2.45, 2.75) is 39.2 Å². The van der Waals surface area contributed by atoms with Crippen LogP contribution in [0.1, 0.15) is 37.8 Å². The van der Waals surface area contributed by atoms with Gasteiger partial charge in [0, 0.05) is 31.4 Å².